The number of hydrogen-bond donors (Lipinski definition) is 1. The minimum Gasteiger partial charge on any atom is -0.444 e. The SMILES string of the molecule is COC1CN(c2cc3c(-c4ccc(CNC(=O)OC(C)(C)C)c(C)c4)ncnn3c2)C1. The van der Waals surface area contributed by atoms with E-state index in [1.807, 2.05) is 50.5 Å². The van der Waals surface area contributed by atoms with E-state index in [0.29, 0.717) is 6.54 Å². The van der Waals surface area contributed by atoms with E-state index in [2.05, 4.69) is 32.4 Å². The molecule has 8 heteroatoms. The van der Waals surface area contributed by atoms with Crippen LogP contribution < -0.4 is 10.2 Å². The molecule has 1 aliphatic heterocycles. The molecule has 1 aliphatic rings. The van der Waals surface area contributed by atoms with Crippen LogP contribution in [-0.2, 0) is 16.0 Å². The van der Waals surface area contributed by atoms with Gasteiger partial charge in [0.05, 0.1) is 29.2 Å². The zero-order valence-electron chi connectivity index (χ0n) is 18.7. The first-order valence-electron chi connectivity index (χ1n) is 10.4. The summed E-state index contributed by atoms with van der Waals surface area (Å²) >= 11 is 0. The number of hydrogen-bond acceptors (Lipinski definition) is 6. The van der Waals surface area contributed by atoms with Crippen molar-refractivity contribution < 1.29 is 14.3 Å². The highest BCUT2D eigenvalue weighted by Crippen LogP contribution is 2.30. The van der Waals surface area contributed by atoms with Crippen LogP contribution in [0.2, 0.25) is 0 Å². The third-order valence-electron chi connectivity index (χ3n) is 5.38. The molecule has 31 heavy (non-hydrogen) atoms. The van der Waals surface area contributed by atoms with Gasteiger partial charge in [0.25, 0.3) is 0 Å². The Morgan fingerprint density at radius 2 is 2.03 bits per heavy atom. The molecular weight excluding hydrogens is 394 g/mol. The predicted molar refractivity (Wildman–Crippen MR) is 119 cm³/mol. The van der Waals surface area contributed by atoms with Crippen LogP contribution in [0.15, 0.2) is 36.8 Å². The summed E-state index contributed by atoms with van der Waals surface area (Å²) < 4.78 is 12.6. The first-order valence-corrected chi connectivity index (χ1v) is 10.4. The van der Waals surface area contributed by atoms with Crippen LogP contribution in [0.3, 0.4) is 0 Å². The number of nitrogens with one attached hydrogen (secondary N) is 1. The number of benzene rings is 1. The number of ether oxygens (including phenoxy) is 2. The number of fused-ring (bicyclic) bond motifs is 1. The number of methoxy groups -OCH3 is 1. The molecule has 0 aliphatic carbocycles. The fourth-order valence-corrected chi connectivity index (χ4v) is 3.63. The van der Waals surface area contributed by atoms with Crippen LogP contribution in [0.4, 0.5) is 10.5 Å². The molecule has 1 aromatic carbocycles. The summed E-state index contributed by atoms with van der Waals surface area (Å²) in [6, 6.07) is 8.25. The number of carbonyl (C=O) groups excluding carboxylic acids is 1. The van der Waals surface area contributed by atoms with Crippen molar-refractivity contribution >= 4 is 17.3 Å². The largest absolute Gasteiger partial charge is 0.444 e. The van der Waals surface area contributed by atoms with E-state index >= 15 is 0 Å². The lowest BCUT2D eigenvalue weighted by molar-refractivity contribution is 0.0523. The zero-order chi connectivity index (χ0) is 22.2. The number of anilines is 1. The molecule has 3 aromatic rings. The van der Waals surface area contributed by atoms with E-state index in [1.165, 1.54) is 0 Å². The first-order chi connectivity index (χ1) is 14.7. The summed E-state index contributed by atoms with van der Waals surface area (Å²) in [5.41, 5.74) is 5.54. The van der Waals surface area contributed by atoms with Crippen molar-refractivity contribution in [1.29, 1.82) is 0 Å². The molecule has 0 atom stereocenters. The van der Waals surface area contributed by atoms with Crippen molar-refractivity contribution in [3.05, 3.63) is 47.9 Å². The summed E-state index contributed by atoms with van der Waals surface area (Å²) in [7, 11) is 1.75. The van der Waals surface area contributed by atoms with Gasteiger partial charge in [-0.3, -0.25) is 0 Å². The monoisotopic (exact) mass is 423 g/mol. The molecule has 1 amide bonds. The molecule has 1 saturated heterocycles. The highest BCUT2D eigenvalue weighted by atomic mass is 16.6. The maximum Gasteiger partial charge on any atom is 0.407 e. The van der Waals surface area contributed by atoms with E-state index in [0.717, 1.165) is 46.7 Å². The topological polar surface area (TPSA) is 81.0 Å². The van der Waals surface area contributed by atoms with E-state index in [4.69, 9.17) is 9.47 Å². The van der Waals surface area contributed by atoms with Gasteiger partial charge in [-0.15, -0.1) is 0 Å². The van der Waals surface area contributed by atoms with Gasteiger partial charge >= 0.3 is 6.09 Å². The van der Waals surface area contributed by atoms with Gasteiger partial charge in [0.15, 0.2) is 0 Å². The molecule has 0 saturated carbocycles. The lowest BCUT2D eigenvalue weighted by Gasteiger charge is -2.39. The first kappa shape index (κ1) is 21.1. The summed E-state index contributed by atoms with van der Waals surface area (Å²) in [5.74, 6) is 0. The fourth-order valence-electron chi connectivity index (χ4n) is 3.63. The van der Waals surface area contributed by atoms with Crippen LogP contribution in [0.5, 0.6) is 0 Å². The highest BCUT2D eigenvalue weighted by Gasteiger charge is 2.27. The smallest absolute Gasteiger partial charge is 0.407 e. The Morgan fingerprint density at radius 3 is 2.71 bits per heavy atom. The lowest BCUT2D eigenvalue weighted by Crippen LogP contribution is -2.51. The molecule has 3 heterocycles. The van der Waals surface area contributed by atoms with Crippen molar-refractivity contribution in [2.45, 2.75) is 45.9 Å². The second-order valence-electron chi connectivity index (χ2n) is 8.90. The Morgan fingerprint density at radius 1 is 1.26 bits per heavy atom. The van der Waals surface area contributed by atoms with Gasteiger partial charge in [0, 0.05) is 32.3 Å². The lowest BCUT2D eigenvalue weighted by atomic mass is 10.0. The minimum atomic E-state index is -0.516. The summed E-state index contributed by atoms with van der Waals surface area (Å²) in [4.78, 5) is 18.8. The molecule has 0 radical (unpaired) electrons. The Balaban J connectivity index is 1.52. The summed E-state index contributed by atoms with van der Waals surface area (Å²) in [6.45, 7) is 9.75. The number of nitrogens with zero attached hydrogens (tertiary/aromatic N) is 4. The molecule has 1 N–H and O–H groups in total. The van der Waals surface area contributed by atoms with Gasteiger partial charge in [0.2, 0.25) is 0 Å². The fraction of sp³-hybridized carbons (Fsp3) is 0.435. The summed E-state index contributed by atoms with van der Waals surface area (Å²) in [6.07, 6.45) is 3.47. The standard InChI is InChI=1S/C23H29N5O3/c1-15-8-16(6-7-17(15)10-24-22(29)31-23(2,3)4)21-20-9-18(11-28(20)26-14-25-21)27-12-19(13-27)30-5/h6-9,11,14,19H,10,12-13H2,1-5H3,(H,24,29). The van der Waals surface area contributed by atoms with Gasteiger partial charge in [-0.1, -0.05) is 12.1 Å². The van der Waals surface area contributed by atoms with Crippen molar-refractivity contribution in [2.24, 2.45) is 0 Å². The average molecular weight is 424 g/mol. The van der Waals surface area contributed by atoms with Crippen molar-refractivity contribution in [3.63, 3.8) is 0 Å². The average Bonchev–Trinajstić information content (AvgIpc) is 3.08. The summed E-state index contributed by atoms with van der Waals surface area (Å²) in [5, 5.41) is 7.19. The zero-order valence-corrected chi connectivity index (χ0v) is 18.7. The van der Waals surface area contributed by atoms with Gasteiger partial charge in [-0.25, -0.2) is 14.3 Å². The maximum atomic E-state index is 11.9. The van der Waals surface area contributed by atoms with Crippen LogP contribution in [0.25, 0.3) is 16.8 Å². The van der Waals surface area contributed by atoms with E-state index in [-0.39, 0.29) is 6.10 Å². The van der Waals surface area contributed by atoms with Gasteiger partial charge in [-0.05, 0) is 51.0 Å². The molecule has 2 aromatic heterocycles. The van der Waals surface area contributed by atoms with E-state index in [9.17, 15) is 4.79 Å². The number of alkyl carbamates (subject to hydrolysis) is 1. The van der Waals surface area contributed by atoms with Crippen LogP contribution >= 0.6 is 0 Å². The minimum absolute atomic E-state index is 0.290. The number of rotatable bonds is 5. The van der Waals surface area contributed by atoms with E-state index in [1.54, 1.807) is 13.4 Å². The Labute approximate surface area is 182 Å². The molecule has 0 spiro atoms. The maximum absolute atomic E-state index is 11.9. The molecule has 4 rings (SSSR count). The molecular formula is C23H29N5O3. The van der Waals surface area contributed by atoms with Crippen LogP contribution in [0, 0.1) is 6.92 Å². The van der Waals surface area contributed by atoms with Crippen molar-refractivity contribution in [2.75, 3.05) is 25.1 Å². The Kier molecular flexibility index (Phi) is 5.58. The second kappa shape index (κ2) is 8.19. The number of aryl methyl sites for hydroxylation is 1. The second-order valence-corrected chi connectivity index (χ2v) is 8.90. The quantitative estimate of drug-likeness (QED) is 0.676. The van der Waals surface area contributed by atoms with Crippen molar-refractivity contribution in [3.8, 4) is 11.3 Å². The molecule has 164 valence electrons. The molecule has 0 unspecified atom stereocenters. The number of aromatic nitrogens is 3. The third kappa shape index (κ3) is 4.64. The van der Waals surface area contributed by atoms with Gasteiger partial charge in [-0.2, -0.15) is 5.10 Å². The Bertz CT molecular complexity index is 1100. The van der Waals surface area contributed by atoms with Crippen molar-refractivity contribution in [1.82, 2.24) is 19.9 Å². The predicted octanol–water partition coefficient (Wildman–Crippen LogP) is 3.56. The molecule has 0 bridgehead atoms. The van der Waals surface area contributed by atoms with Crippen LogP contribution in [-0.4, -0.2) is 52.6 Å². The normalized spacial score (nSPS) is 14.5. The molecule has 1 fully saturated rings. The highest BCUT2D eigenvalue weighted by molar-refractivity contribution is 5.80. The van der Waals surface area contributed by atoms with Gasteiger partial charge in [0.1, 0.15) is 11.9 Å². The third-order valence-corrected chi connectivity index (χ3v) is 5.38. The Hall–Kier alpha value is -3.13. The molecule has 8 nitrogen and oxygen atoms in total. The number of amides is 1. The number of carbonyl (C=O) groups is 1. The van der Waals surface area contributed by atoms with Gasteiger partial charge < -0.3 is 19.7 Å². The van der Waals surface area contributed by atoms with Crippen LogP contribution in [0.1, 0.15) is 31.9 Å². The van der Waals surface area contributed by atoms with E-state index < -0.39 is 11.7 Å².